The first kappa shape index (κ1) is 25.4. The summed E-state index contributed by atoms with van der Waals surface area (Å²) in [5.74, 6) is 0. The Morgan fingerprint density at radius 2 is 1.67 bits per heavy atom. The fourth-order valence-electron chi connectivity index (χ4n) is 2.16. The van der Waals surface area contributed by atoms with Gasteiger partial charge in [0.15, 0.2) is 0 Å². The highest BCUT2D eigenvalue weighted by Crippen LogP contribution is 2.37. The largest absolute Gasteiger partial charge is 0.444 e. The first-order valence-corrected chi connectivity index (χ1v) is 9.12. The summed E-state index contributed by atoms with van der Waals surface area (Å²) >= 11 is 0. The molecule has 0 bridgehead atoms. The number of alkyl carbamates (subject to hydrolysis) is 1. The van der Waals surface area contributed by atoms with E-state index in [1.54, 1.807) is 20.8 Å². The number of alkyl halides is 3. The highest BCUT2D eigenvalue weighted by Gasteiger charge is 2.38. The SMILES string of the molecule is CC(C)(C)OC(=O)NCCOCCOCCNc1ccc([N+](=O)[O-])c(C(F)(F)F)c1. The van der Waals surface area contributed by atoms with E-state index in [4.69, 9.17) is 14.2 Å². The van der Waals surface area contributed by atoms with Crippen molar-refractivity contribution in [1.29, 1.82) is 0 Å². The van der Waals surface area contributed by atoms with Crippen LogP contribution in [0.3, 0.4) is 0 Å². The van der Waals surface area contributed by atoms with Gasteiger partial charge in [-0.05, 0) is 32.9 Å². The van der Waals surface area contributed by atoms with Crippen LogP contribution in [0.25, 0.3) is 0 Å². The molecule has 30 heavy (non-hydrogen) atoms. The summed E-state index contributed by atoms with van der Waals surface area (Å²) in [6, 6.07) is 2.71. The Bertz CT molecular complexity index is 707. The normalized spacial score (nSPS) is 11.8. The van der Waals surface area contributed by atoms with Crippen LogP contribution in [0.15, 0.2) is 18.2 Å². The summed E-state index contributed by atoms with van der Waals surface area (Å²) < 4.78 is 54.4. The van der Waals surface area contributed by atoms with Gasteiger partial charge in [-0.1, -0.05) is 0 Å². The number of benzene rings is 1. The van der Waals surface area contributed by atoms with Gasteiger partial charge in [0.25, 0.3) is 5.69 Å². The van der Waals surface area contributed by atoms with Gasteiger partial charge in [0.05, 0.1) is 31.4 Å². The molecule has 2 N–H and O–H groups in total. The van der Waals surface area contributed by atoms with Crippen LogP contribution in [0.5, 0.6) is 0 Å². The Morgan fingerprint density at radius 3 is 2.20 bits per heavy atom. The van der Waals surface area contributed by atoms with Crippen molar-refractivity contribution in [2.24, 2.45) is 0 Å². The van der Waals surface area contributed by atoms with E-state index in [-0.39, 0.29) is 45.2 Å². The van der Waals surface area contributed by atoms with Crippen molar-refractivity contribution in [3.8, 4) is 0 Å². The second-order valence-corrected chi connectivity index (χ2v) is 7.07. The standard InChI is InChI=1S/C18H26F3N3O6/c1-17(2,3)30-16(25)23-7-9-29-11-10-28-8-6-22-13-4-5-15(24(26)27)14(12-13)18(19,20)21/h4-5,12,22H,6-11H2,1-3H3,(H,23,25). The smallest absolute Gasteiger partial charge is 0.423 e. The lowest BCUT2D eigenvalue weighted by Crippen LogP contribution is -2.34. The van der Waals surface area contributed by atoms with Crippen LogP contribution < -0.4 is 10.6 Å². The minimum atomic E-state index is -4.83. The molecule has 12 heteroatoms. The van der Waals surface area contributed by atoms with E-state index in [1.165, 1.54) is 6.07 Å². The predicted octanol–water partition coefficient (Wildman–Crippen LogP) is 3.58. The number of nitro benzene ring substituents is 1. The summed E-state index contributed by atoms with van der Waals surface area (Å²) in [4.78, 5) is 21.0. The topological polar surface area (TPSA) is 112 Å². The van der Waals surface area contributed by atoms with Gasteiger partial charge in [0, 0.05) is 24.8 Å². The summed E-state index contributed by atoms with van der Waals surface area (Å²) in [5, 5.41) is 16.0. The third-order valence-corrected chi connectivity index (χ3v) is 3.36. The number of nitrogens with zero attached hydrogens (tertiary/aromatic N) is 1. The monoisotopic (exact) mass is 437 g/mol. The molecule has 1 rings (SSSR count). The van der Waals surface area contributed by atoms with Crippen LogP contribution in [0, 0.1) is 10.1 Å². The molecule has 0 fully saturated rings. The molecule has 0 saturated carbocycles. The third-order valence-electron chi connectivity index (χ3n) is 3.36. The molecular formula is C18H26F3N3O6. The molecule has 0 radical (unpaired) electrons. The summed E-state index contributed by atoms with van der Waals surface area (Å²) in [5.41, 5.74) is -2.79. The molecule has 1 aromatic carbocycles. The second-order valence-electron chi connectivity index (χ2n) is 7.07. The molecule has 9 nitrogen and oxygen atoms in total. The van der Waals surface area contributed by atoms with Crippen molar-refractivity contribution < 1.29 is 37.1 Å². The molecule has 1 aromatic rings. The number of carbonyl (C=O) groups is 1. The van der Waals surface area contributed by atoms with Crippen molar-refractivity contribution >= 4 is 17.5 Å². The third kappa shape index (κ3) is 10.3. The van der Waals surface area contributed by atoms with Crippen molar-refractivity contribution in [3.05, 3.63) is 33.9 Å². The van der Waals surface area contributed by atoms with Crippen LogP contribution in [0.2, 0.25) is 0 Å². The average Bonchev–Trinajstić information content (AvgIpc) is 2.60. The number of hydrogen-bond acceptors (Lipinski definition) is 7. The van der Waals surface area contributed by atoms with E-state index in [0.717, 1.165) is 6.07 Å². The summed E-state index contributed by atoms with van der Waals surface area (Å²) in [7, 11) is 0. The molecule has 0 heterocycles. The lowest BCUT2D eigenvalue weighted by atomic mass is 10.1. The zero-order chi connectivity index (χ0) is 22.8. The van der Waals surface area contributed by atoms with Gasteiger partial charge < -0.3 is 24.8 Å². The summed E-state index contributed by atoms with van der Waals surface area (Å²) in [6.07, 6.45) is -5.36. The number of hydrogen-bond donors (Lipinski definition) is 2. The number of rotatable bonds is 11. The molecular weight excluding hydrogens is 411 g/mol. The number of halogens is 3. The van der Waals surface area contributed by atoms with Gasteiger partial charge in [0.1, 0.15) is 11.2 Å². The van der Waals surface area contributed by atoms with Crippen molar-refractivity contribution in [2.45, 2.75) is 32.5 Å². The Kier molecular flexibility index (Phi) is 9.79. The zero-order valence-corrected chi connectivity index (χ0v) is 17.0. The fourth-order valence-corrected chi connectivity index (χ4v) is 2.16. The molecule has 0 spiro atoms. The molecule has 0 aliphatic carbocycles. The fraction of sp³-hybridized carbons (Fsp3) is 0.611. The summed E-state index contributed by atoms with van der Waals surface area (Å²) in [6.45, 7) is 6.73. The Morgan fingerprint density at radius 1 is 1.07 bits per heavy atom. The van der Waals surface area contributed by atoms with Crippen LogP contribution in [-0.4, -0.2) is 56.1 Å². The lowest BCUT2D eigenvalue weighted by Gasteiger charge is -2.19. The first-order valence-electron chi connectivity index (χ1n) is 9.12. The number of nitro groups is 1. The van der Waals surface area contributed by atoms with E-state index in [9.17, 15) is 28.1 Å². The minimum absolute atomic E-state index is 0.0981. The van der Waals surface area contributed by atoms with Crippen LogP contribution in [-0.2, 0) is 20.4 Å². The van der Waals surface area contributed by atoms with E-state index < -0.39 is 34.0 Å². The van der Waals surface area contributed by atoms with Crippen LogP contribution >= 0.6 is 0 Å². The van der Waals surface area contributed by atoms with Gasteiger partial charge in [-0.2, -0.15) is 13.2 Å². The Hall–Kier alpha value is -2.60. The quantitative estimate of drug-likeness (QED) is 0.309. The molecule has 1 amide bonds. The maximum Gasteiger partial charge on any atom is 0.423 e. The number of carbonyl (C=O) groups excluding carboxylic acids is 1. The number of nitrogens with one attached hydrogen (secondary N) is 2. The number of anilines is 1. The highest BCUT2D eigenvalue weighted by molar-refractivity contribution is 5.67. The molecule has 170 valence electrons. The zero-order valence-electron chi connectivity index (χ0n) is 17.0. The van der Waals surface area contributed by atoms with Gasteiger partial charge in [-0.25, -0.2) is 4.79 Å². The van der Waals surface area contributed by atoms with E-state index >= 15 is 0 Å². The van der Waals surface area contributed by atoms with E-state index in [0.29, 0.717) is 6.07 Å². The highest BCUT2D eigenvalue weighted by atomic mass is 19.4. The second kappa shape index (κ2) is 11.6. The van der Waals surface area contributed by atoms with E-state index in [1.807, 2.05) is 0 Å². The van der Waals surface area contributed by atoms with Crippen molar-refractivity contribution in [3.63, 3.8) is 0 Å². The van der Waals surface area contributed by atoms with Gasteiger partial charge in [-0.15, -0.1) is 0 Å². The first-order chi connectivity index (χ1) is 13.9. The minimum Gasteiger partial charge on any atom is -0.444 e. The molecule has 0 unspecified atom stereocenters. The van der Waals surface area contributed by atoms with E-state index in [2.05, 4.69) is 10.6 Å². The van der Waals surface area contributed by atoms with Crippen LogP contribution in [0.4, 0.5) is 29.3 Å². The predicted molar refractivity (Wildman–Crippen MR) is 102 cm³/mol. The molecule has 0 aliphatic heterocycles. The number of amides is 1. The van der Waals surface area contributed by atoms with Crippen molar-refractivity contribution in [1.82, 2.24) is 5.32 Å². The Balaban J connectivity index is 2.19. The average molecular weight is 437 g/mol. The Labute approximate surface area is 172 Å². The molecule has 0 aliphatic rings. The van der Waals surface area contributed by atoms with Gasteiger partial charge in [0.2, 0.25) is 0 Å². The molecule has 0 aromatic heterocycles. The maximum absolute atomic E-state index is 12.9. The number of ether oxygens (including phenoxy) is 3. The van der Waals surface area contributed by atoms with Crippen molar-refractivity contribution in [2.75, 3.05) is 44.8 Å². The lowest BCUT2D eigenvalue weighted by molar-refractivity contribution is -0.388. The van der Waals surface area contributed by atoms with Crippen LogP contribution in [0.1, 0.15) is 26.3 Å². The maximum atomic E-state index is 12.9. The molecule has 0 saturated heterocycles. The molecule has 0 atom stereocenters. The van der Waals surface area contributed by atoms with Gasteiger partial charge in [-0.3, -0.25) is 10.1 Å². The van der Waals surface area contributed by atoms with Gasteiger partial charge >= 0.3 is 12.3 Å².